The van der Waals surface area contributed by atoms with Crippen LogP contribution in [0.5, 0.6) is 0 Å². The number of fused-ring (bicyclic) bond motifs is 1. The molecule has 1 aromatic carbocycles. The highest BCUT2D eigenvalue weighted by molar-refractivity contribution is 14.1. The largest absolute Gasteiger partial charge is 0.460 e. The van der Waals surface area contributed by atoms with Gasteiger partial charge in [-0.25, -0.2) is 0 Å². The number of amides is 2. The van der Waals surface area contributed by atoms with Crippen molar-refractivity contribution in [2.75, 3.05) is 6.54 Å². The van der Waals surface area contributed by atoms with Crippen molar-refractivity contribution in [3.8, 4) is 0 Å². The number of alkyl halides is 13. The van der Waals surface area contributed by atoms with E-state index >= 15 is 0 Å². The van der Waals surface area contributed by atoms with Crippen LogP contribution in [-0.2, 0) is 0 Å². The normalized spacial score (nSPS) is 16.7. The van der Waals surface area contributed by atoms with Crippen LogP contribution in [0.1, 0.15) is 27.1 Å². The van der Waals surface area contributed by atoms with Gasteiger partial charge in [0.05, 0.1) is 11.1 Å². The molecular formula is C18H9F13INO2. The van der Waals surface area contributed by atoms with Crippen LogP contribution >= 0.6 is 22.6 Å². The lowest BCUT2D eigenvalue weighted by Crippen LogP contribution is -2.69. The molecule has 0 saturated heterocycles. The molecule has 0 unspecified atom stereocenters. The predicted molar refractivity (Wildman–Crippen MR) is 99.3 cm³/mol. The first kappa shape index (κ1) is 29.2. The minimum absolute atomic E-state index is 0.0965. The number of carbonyl (C=O) groups excluding carboxylic acids is 2. The van der Waals surface area contributed by atoms with E-state index in [0.29, 0.717) is 4.90 Å². The van der Waals surface area contributed by atoms with Crippen molar-refractivity contribution in [3.05, 3.63) is 45.0 Å². The van der Waals surface area contributed by atoms with Crippen LogP contribution in [0.4, 0.5) is 57.1 Å². The summed E-state index contributed by atoms with van der Waals surface area (Å²) in [7, 11) is 0. The highest BCUT2D eigenvalue weighted by Gasteiger charge is 2.90. The molecule has 196 valence electrons. The summed E-state index contributed by atoms with van der Waals surface area (Å²) in [6, 6.07) is 5.20. The third kappa shape index (κ3) is 4.47. The van der Waals surface area contributed by atoms with Crippen LogP contribution < -0.4 is 0 Å². The highest BCUT2D eigenvalue weighted by Crippen LogP contribution is 2.60. The van der Waals surface area contributed by atoms with E-state index < -0.39 is 70.2 Å². The lowest BCUT2D eigenvalue weighted by atomic mass is 9.93. The monoisotopic (exact) mass is 645 g/mol. The average molecular weight is 645 g/mol. The Morgan fingerprint density at radius 1 is 0.714 bits per heavy atom. The zero-order valence-electron chi connectivity index (χ0n) is 16.4. The van der Waals surface area contributed by atoms with Crippen molar-refractivity contribution >= 4 is 34.4 Å². The van der Waals surface area contributed by atoms with Crippen LogP contribution in [-0.4, -0.2) is 59.0 Å². The summed E-state index contributed by atoms with van der Waals surface area (Å²) in [6.07, 6.45) is -9.44. The second-order valence-electron chi connectivity index (χ2n) is 7.07. The third-order valence-corrected chi connectivity index (χ3v) is 5.60. The number of carbonyl (C=O) groups is 2. The Morgan fingerprint density at radius 3 is 1.51 bits per heavy atom. The lowest BCUT2D eigenvalue weighted by molar-refractivity contribution is -0.436. The Bertz CT molecular complexity index is 1010. The number of halogens is 14. The van der Waals surface area contributed by atoms with E-state index in [9.17, 15) is 66.7 Å². The summed E-state index contributed by atoms with van der Waals surface area (Å²) in [4.78, 5) is 24.8. The molecular weight excluding hydrogens is 636 g/mol. The first-order valence-corrected chi connectivity index (χ1v) is 9.90. The zero-order chi connectivity index (χ0) is 27.4. The Hall–Kier alpha value is -2.08. The van der Waals surface area contributed by atoms with Gasteiger partial charge in [0.25, 0.3) is 11.8 Å². The van der Waals surface area contributed by atoms with Crippen molar-refractivity contribution in [1.82, 2.24) is 4.90 Å². The summed E-state index contributed by atoms with van der Waals surface area (Å²) in [5, 5.41) is 0. The van der Waals surface area contributed by atoms with Crippen LogP contribution in [0, 0.1) is 0 Å². The van der Waals surface area contributed by atoms with Gasteiger partial charge in [0.15, 0.2) is 0 Å². The number of imide groups is 1. The number of allylic oxidation sites excluding steroid dienone is 1. The molecule has 2 rings (SSSR count). The number of nitrogens with zero attached hydrogens (tertiary/aromatic N) is 1. The quantitative estimate of drug-likeness (QED) is 0.179. The van der Waals surface area contributed by atoms with Gasteiger partial charge in [0, 0.05) is 12.6 Å². The van der Waals surface area contributed by atoms with E-state index in [-0.39, 0.29) is 11.1 Å². The van der Waals surface area contributed by atoms with Crippen LogP contribution in [0.3, 0.4) is 0 Å². The van der Waals surface area contributed by atoms with Crippen molar-refractivity contribution in [2.24, 2.45) is 0 Å². The van der Waals surface area contributed by atoms with Crippen LogP contribution in [0.25, 0.3) is 0 Å². The first-order valence-electron chi connectivity index (χ1n) is 8.83. The Labute approximate surface area is 200 Å². The van der Waals surface area contributed by atoms with E-state index in [2.05, 4.69) is 0 Å². The molecule has 0 bridgehead atoms. The maximum atomic E-state index is 13.9. The maximum Gasteiger partial charge on any atom is 0.460 e. The van der Waals surface area contributed by atoms with Gasteiger partial charge in [-0.3, -0.25) is 14.5 Å². The maximum absolute atomic E-state index is 13.9. The topological polar surface area (TPSA) is 37.4 Å². The van der Waals surface area contributed by atoms with Gasteiger partial charge in [-0.2, -0.15) is 57.1 Å². The Balaban J connectivity index is 2.29. The second kappa shape index (κ2) is 8.79. The van der Waals surface area contributed by atoms with E-state index in [1.807, 2.05) is 0 Å². The van der Waals surface area contributed by atoms with E-state index in [1.165, 1.54) is 24.3 Å². The number of benzene rings is 1. The van der Waals surface area contributed by atoms with Gasteiger partial charge in [0.1, 0.15) is 0 Å². The SMILES string of the molecule is O=C1c2ccccc2C(=O)N1CCC(I)=CC(F)(F)C(F)(F)C(F)(F)C(F)(F)C(F)(F)C(F)(F)F. The minimum Gasteiger partial charge on any atom is -0.274 e. The third-order valence-electron chi connectivity index (χ3n) is 4.75. The fourth-order valence-electron chi connectivity index (χ4n) is 2.80. The van der Waals surface area contributed by atoms with E-state index in [1.54, 1.807) is 0 Å². The standard InChI is InChI=1S/C18H9F13INO2/c19-13(20,14(21,22)15(23,24)16(25,26)17(27,28)18(29,30)31)7-8(32)5-6-33-11(34)9-3-1-2-4-10(9)12(33)35/h1-4,7H,5-6H2. The number of rotatable bonds is 8. The summed E-state index contributed by atoms with van der Waals surface area (Å²) in [5.74, 6) is -39.3. The molecule has 2 amide bonds. The second-order valence-corrected chi connectivity index (χ2v) is 8.45. The smallest absolute Gasteiger partial charge is 0.274 e. The molecule has 17 heteroatoms. The fraction of sp³-hybridized carbons (Fsp3) is 0.444. The molecule has 0 radical (unpaired) electrons. The zero-order valence-corrected chi connectivity index (χ0v) is 18.5. The molecule has 1 heterocycles. The summed E-state index contributed by atoms with van der Waals surface area (Å²) < 4.78 is 170. The molecule has 1 aromatic rings. The fourth-order valence-corrected chi connectivity index (χ4v) is 3.43. The van der Waals surface area contributed by atoms with Gasteiger partial charge < -0.3 is 0 Å². The summed E-state index contributed by atoms with van der Waals surface area (Å²) in [5.41, 5.74) is -0.193. The first-order chi connectivity index (χ1) is 15.5. The van der Waals surface area contributed by atoms with Crippen molar-refractivity contribution < 1.29 is 66.7 Å². The molecule has 0 atom stereocenters. The molecule has 0 aromatic heterocycles. The van der Waals surface area contributed by atoms with Gasteiger partial charge >= 0.3 is 35.8 Å². The molecule has 0 N–H and O–H groups in total. The van der Waals surface area contributed by atoms with E-state index in [4.69, 9.17) is 0 Å². The average Bonchev–Trinajstić information content (AvgIpc) is 2.95. The van der Waals surface area contributed by atoms with Crippen molar-refractivity contribution in [3.63, 3.8) is 0 Å². The predicted octanol–water partition coefficient (Wildman–Crippen LogP) is 6.73. The van der Waals surface area contributed by atoms with E-state index in [0.717, 1.165) is 22.6 Å². The number of hydrogen-bond acceptors (Lipinski definition) is 2. The van der Waals surface area contributed by atoms with Gasteiger partial charge in [0.2, 0.25) is 0 Å². The van der Waals surface area contributed by atoms with Crippen molar-refractivity contribution in [1.29, 1.82) is 0 Å². The Kier molecular flexibility index (Phi) is 7.32. The molecule has 35 heavy (non-hydrogen) atoms. The summed E-state index contributed by atoms with van der Waals surface area (Å²) in [6.45, 7) is -0.776. The molecule has 3 nitrogen and oxygen atoms in total. The minimum atomic E-state index is -7.98. The molecule has 0 aliphatic carbocycles. The molecule has 1 aliphatic rings. The Morgan fingerprint density at radius 2 is 1.11 bits per heavy atom. The molecule has 0 saturated carbocycles. The molecule has 1 aliphatic heterocycles. The van der Waals surface area contributed by atoms with Crippen molar-refractivity contribution in [2.45, 2.75) is 42.2 Å². The van der Waals surface area contributed by atoms with Gasteiger partial charge in [-0.15, -0.1) is 0 Å². The van der Waals surface area contributed by atoms with Crippen LogP contribution in [0.15, 0.2) is 33.9 Å². The lowest BCUT2D eigenvalue weighted by Gasteiger charge is -2.39. The van der Waals surface area contributed by atoms with Crippen LogP contribution in [0.2, 0.25) is 0 Å². The number of hydrogen-bond donors (Lipinski definition) is 0. The van der Waals surface area contributed by atoms with Gasteiger partial charge in [-0.05, 0) is 44.7 Å². The summed E-state index contributed by atoms with van der Waals surface area (Å²) >= 11 is 0.823. The van der Waals surface area contributed by atoms with Gasteiger partial charge in [-0.1, -0.05) is 12.1 Å². The highest BCUT2D eigenvalue weighted by atomic mass is 127. The molecule has 0 fully saturated rings. The molecule has 0 spiro atoms.